The van der Waals surface area contributed by atoms with Crippen LogP contribution in [0.1, 0.15) is 30.9 Å². The number of nitrogens with zero attached hydrogens (tertiary/aromatic N) is 2. The Morgan fingerprint density at radius 3 is 2.59 bits per heavy atom. The number of fused-ring (bicyclic) bond motifs is 1. The Labute approximate surface area is 224 Å². The number of rotatable bonds is 8. The van der Waals surface area contributed by atoms with Gasteiger partial charge in [0.1, 0.15) is 5.82 Å². The topological polar surface area (TPSA) is 72.9 Å². The Morgan fingerprint density at radius 1 is 1.15 bits per heavy atom. The maximum absolute atomic E-state index is 13.4. The smallest absolute Gasteiger partial charge is 0.395 e. The summed E-state index contributed by atoms with van der Waals surface area (Å²) in [6.07, 6.45) is 0.875. The fraction of sp³-hybridized carbons (Fsp3) is 0.357. The van der Waals surface area contributed by atoms with Crippen molar-refractivity contribution in [3.8, 4) is 0 Å². The second kappa shape index (κ2) is 10.4. The van der Waals surface area contributed by atoms with Gasteiger partial charge in [-0.15, -0.1) is 0 Å². The minimum atomic E-state index is -4.57. The van der Waals surface area contributed by atoms with Gasteiger partial charge in [-0.05, 0) is 66.3 Å². The van der Waals surface area contributed by atoms with Gasteiger partial charge in [0.05, 0.1) is 29.3 Å². The molecule has 2 N–H and O–H groups in total. The molecule has 2 aromatic carbocycles. The lowest BCUT2D eigenvalue weighted by molar-refractivity contribution is -0.137. The zero-order valence-electron chi connectivity index (χ0n) is 21.2. The van der Waals surface area contributed by atoms with Crippen LogP contribution < -0.4 is 10.4 Å². The molecule has 11 heteroatoms. The molecule has 2 atom stereocenters. The van der Waals surface area contributed by atoms with Crippen molar-refractivity contribution in [3.05, 3.63) is 100 Å². The number of nitrogens with one attached hydrogen (secondary N) is 1. The highest BCUT2D eigenvalue weighted by atomic mass is 32.2. The Balaban J connectivity index is 1.38. The summed E-state index contributed by atoms with van der Waals surface area (Å²) in [4.78, 5) is 0. The predicted molar refractivity (Wildman–Crippen MR) is 140 cm³/mol. The molecule has 6 nitrogen and oxygen atoms in total. The largest absolute Gasteiger partial charge is 0.416 e. The number of allylic oxidation sites excluding steroid dienone is 3. The molecule has 1 aliphatic heterocycles. The van der Waals surface area contributed by atoms with Crippen LogP contribution in [0, 0.1) is 17.7 Å². The van der Waals surface area contributed by atoms with E-state index in [0.717, 1.165) is 53.1 Å². The number of aliphatic hydroxyl groups excluding tert-OH is 1. The third-order valence-corrected chi connectivity index (χ3v) is 9.37. The minimum absolute atomic E-state index is 0.00686. The number of hydrogen-bond donors (Lipinski definition) is 2. The van der Waals surface area contributed by atoms with E-state index in [1.807, 2.05) is 11.2 Å². The van der Waals surface area contributed by atoms with Crippen LogP contribution in [0.3, 0.4) is 0 Å². The van der Waals surface area contributed by atoms with E-state index in [4.69, 9.17) is 0 Å². The standard InChI is InChI=1S/C28H29F4N3O3S/c1-18-25-15-33-35(24-9-7-23(29)8-10-24)26(25)14-20-5-6-21(27(18)20)16-34(11-12-36)39(37,38)17-19-3-2-4-22(13-19)28(30,31)32/h2-4,7-10,13-15,18,21,33,36H,5-6,11-12,16-17H2,1H3/t18-,21+/m0/s1. The summed E-state index contributed by atoms with van der Waals surface area (Å²) < 4.78 is 80.7. The Bertz CT molecular complexity index is 1450. The molecule has 2 aromatic rings. The summed E-state index contributed by atoms with van der Waals surface area (Å²) in [5.41, 5.74) is 7.40. The number of alkyl halides is 3. The lowest BCUT2D eigenvalue weighted by atomic mass is 9.80. The van der Waals surface area contributed by atoms with E-state index in [1.54, 1.807) is 12.1 Å². The van der Waals surface area contributed by atoms with Crippen molar-refractivity contribution in [3.63, 3.8) is 0 Å². The van der Waals surface area contributed by atoms with Crippen LogP contribution in [0.4, 0.5) is 23.2 Å². The van der Waals surface area contributed by atoms with Gasteiger partial charge in [0.15, 0.2) is 0 Å². The van der Waals surface area contributed by atoms with Crippen molar-refractivity contribution in [1.29, 1.82) is 0 Å². The number of halogens is 4. The van der Waals surface area contributed by atoms with Gasteiger partial charge in [-0.2, -0.15) is 17.5 Å². The molecule has 0 amide bonds. The Kier molecular flexibility index (Phi) is 7.34. The number of aliphatic hydroxyl groups is 1. The van der Waals surface area contributed by atoms with Crippen molar-refractivity contribution in [2.24, 2.45) is 11.8 Å². The van der Waals surface area contributed by atoms with Gasteiger partial charge in [0.2, 0.25) is 10.0 Å². The zero-order valence-corrected chi connectivity index (χ0v) is 22.1. The average Bonchev–Trinajstić information content (AvgIpc) is 3.49. The molecule has 0 bridgehead atoms. The molecule has 0 spiro atoms. The average molecular weight is 564 g/mol. The number of anilines is 1. The van der Waals surface area contributed by atoms with Crippen LogP contribution in [-0.4, -0.2) is 37.5 Å². The first-order valence-corrected chi connectivity index (χ1v) is 14.3. The summed E-state index contributed by atoms with van der Waals surface area (Å²) in [6.45, 7) is 1.66. The second-order valence-electron chi connectivity index (χ2n) is 10.0. The van der Waals surface area contributed by atoms with Crippen LogP contribution >= 0.6 is 0 Å². The Hall–Kier alpha value is -3.15. The highest BCUT2D eigenvalue weighted by Crippen LogP contribution is 2.48. The summed E-state index contributed by atoms with van der Waals surface area (Å²) >= 11 is 0. The van der Waals surface area contributed by atoms with Crippen molar-refractivity contribution >= 4 is 15.7 Å². The van der Waals surface area contributed by atoms with Crippen molar-refractivity contribution in [2.45, 2.75) is 31.7 Å². The number of sulfonamides is 1. The molecule has 3 aliphatic rings. The van der Waals surface area contributed by atoms with Gasteiger partial charge in [0, 0.05) is 30.8 Å². The third kappa shape index (κ3) is 5.48. The lowest BCUT2D eigenvalue weighted by Gasteiger charge is -2.32. The van der Waals surface area contributed by atoms with Crippen molar-refractivity contribution in [2.75, 3.05) is 24.7 Å². The van der Waals surface area contributed by atoms with Gasteiger partial charge < -0.3 is 10.5 Å². The van der Waals surface area contributed by atoms with E-state index in [-0.39, 0.29) is 36.3 Å². The zero-order chi connectivity index (χ0) is 27.9. The molecule has 0 saturated heterocycles. The molecule has 5 rings (SSSR count). The van der Waals surface area contributed by atoms with Crippen LogP contribution in [0.15, 0.2) is 83.2 Å². The van der Waals surface area contributed by atoms with Crippen LogP contribution in [-0.2, 0) is 22.0 Å². The quantitative estimate of drug-likeness (QED) is 0.437. The van der Waals surface area contributed by atoms with E-state index in [0.29, 0.717) is 0 Å². The summed E-state index contributed by atoms with van der Waals surface area (Å²) in [5, 5.41) is 11.5. The summed E-state index contributed by atoms with van der Waals surface area (Å²) in [7, 11) is -4.01. The molecule has 0 unspecified atom stereocenters. The van der Waals surface area contributed by atoms with E-state index < -0.39 is 34.1 Å². The van der Waals surface area contributed by atoms with Crippen LogP contribution in [0.2, 0.25) is 0 Å². The SMILES string of the molecule is C[C@H]1C2=CNN(c3ccc(F)cc3)C2=CC2=C1[C@@H](CN(CCO)S(=O)(=O)Cc1cccc(C(F)(F)F)c1)CC2. The molecular formula is C28H29F4N3O3S. The van der Waals surface area contributed by atoms with Gasteiger partial charge in [-0.3, -0.25) is 5.01 Å². The number of hydrogen-bond acceptors (Lipinski definition) is 5. The number of hydrazine groups is 1. The van der Waals surface area contributed by atoms with Crippen molar-refractivity contribution in [1.82, 2.24) is 9.73 Å². The van der Waals surface area contributed by atoms with Crippen molar-refractivity contribution < 1.29 is 31.1 Å². The maximum Gasteiger partial charge on any atom is 0.416 e. The van der Waals surface area contributed by atoms with E-state index in [2.05, 4.69) is 18.4 Å². The molecular weight excluding hydrogens is 534 g/mol. The van der Waals surface area contributed by atoms with E-state index in [9.17, 15) is 31.1 Å². The molecule has 0 fully saturated rings. The van der Waals surface area contributed by atoms with E-state index >= 15 is 0 Å². The monoisotopic (exact) mass is 563 g/mol. The highest BCUT2D eigenvalue weighted by molar-refractivity contribution is 7.88. The van der Waals surface area contributed by atoms with E-state index in [1.165, 1.54) is 28.6 Å². The first kappa shape index (κ1) is 27.4. The van der Waals surface area contributed by atoms with Gasteiger partial charge in [-0.25, -0.2) is 12.8 Å². The van der Waals surface area contributed by atoms with Gasteiger partial charge in [0.25, 0.3) is 0 Å². The van der Waals surface area contributed by atoms with Gasteiger partial charge in [-0.1, -0.05) is 30.7 Å². The lowest BCUT2D eigenvalue weighted by Crippen LogP contribution is -2.39. The predicted octanol–water partition coefficient (Wildman–Crippen LogP) is 5.12. The highest BCUT2D eigenvalue weighted by Gasteiger charge is 2.40. The molecule has 2 aliphatic carbocycles. The molecule has 0 aromatic heterocycles. The third-order valence-electron chi connectivity index (χ3n) is 7.56. The fourth-order valence-electron chi connectivity index (χ4n) is 5.75. The summed E-state index contributed by atoms with van der Waals surface area (Å²) in [5.74, 6) is -1.02. The molecule has 0 radical (unpaired) electrons. The van der Waals surface area contributed by atoms with Crippen LogP contribution in [0.25, 0.3) is 0 Å². The first-order valence-electron chi connectivity index (χ1n) is 12.7. The molecule has 1 heterocycles. The molecule has 39 heavy (non-hydrogen) atoms. The Morgan fingerprint density at radius 2 is 1.90 bits per heavy atom. The van der Waals surface area contributed by atoms with Gasteiger partial charge >= 0.3 is 6.18 Å². The van der Waals surface area contributed by atoms with Crippen LogP contribution in [0.5, 0.6) is 0 Å². The fourth-order valence-corrected chi connectivity index (χ4v) is 7.30. The first-order chi connectivity index (χ1) is 18.5. The second-order valence-corrected chi connectivity index (χ2v) is 12.0. The molecule has 0 saturated carbocycles. The summed E-state index contributed by atoms with van der Waals surface area (Å²) in [6, 6.07) is 10.5. The minimum Gasteiger partial charge on any atom is -0.395 e. The maximum atomic E-state index is 13.4. The number of benzene rings is 2. The molecule has 208 valence electrons. The normalized spacial score (nSPS) is 21.1.